The summed E-state index contributed by atoms with van der Waals surface area (Å²) in [6.45, 7) is 2.11. The van der Waals surface area contributed by atoms with Crippen molar-refractivity contribution in [2.75, 3.05) is 0 Å². The lowest BCUT2D eigenvalue weighted by Gasteiger charge is -2.03. The summed E-state index contributed by atoms with van der Waals surface area (Å²) in [7, 11) is 0. The van der Waals surface area contributed by atoms with Crippen molar-refractivity contribution < 1.29 is 5.11 Å². The summed E-state index contributed by atoms with van der Waals surface area (Å²) in [6.07, 6.45) is 0.845. The molecule has 3 nitrogen and oxygen atoms in total. The van der Waals surface area contributed by atoms with Gasteiger partial charge in [-0.05, 0) is 53.3 Å². The van der Waals surface area contributed by atoms with Crippen molar-refractivity contribution in [3.8, 4) is 26.9 Å². The molecule has 0 radical (unpaired) electrons. The van der Waals surface area contributed by atoms with Gasteiger partial charge >= 0.3 is 0 Å². The van der Waals surface area contributed by atoms with E-state index in [0.29, 0.717) is 11.0 Å². The summed E-state index contributed by atoms with van der Waals surface area (Å²) in [6, 6.07) is 11.2. The van der Waals surface area contributed by atoms with Gasteiger partial charge in [0.2, 0.25) is 0 Å². The molecule has 1 N–H and O–H groups in total. The van der Waals surface area contributed by atoms with E-state index < -0.39 is 0 Å². The van der Waals surface area contributed by atoms with Crippen molar-refractivity contribution in [2.24, 2.45) is 0 Å². The molecule has 3 aromatic heterocycles. The smallest absolute Gasteiger partial charge is 0.172 e. The number of phenols is 1. The summed E-state index contributed by atoms with van der Waals surface area (Å²) in [5.41, 5.74) is 2.21. The fourth-order valence-electron chi connectivity index (χ4n) is 2.71. The minimum atomic E-state index is 0.260. The van der Waals surface area contributed by atoms with Crippen LogP contribution in [0.25, 0.3) is 31.4 Å². The summed E-state index contributed by atoms with van der Waals surface area (Å²) in [4.78, 5) is 12.3. The molecule has 0 amide bonds. The Kier molecular flexibility index (Phi) is 4.00. The first-order valence-corrected chi connectivity index (χ1v) is 9.57. The van der Waals surface area contributed by atoms with Gasteiger partial charge in [-0.15, -0.1) is 22.7 Å². The standard InChI is InChI=1S/C18H13ClN2OS2/c1-2-12-14-16(19)20-17(13-4-3-9-23-13)21-18(14)24-15(12)10-5-7-11(22)8-6-10/h3-9,22H,2H2,1H3. The zero-order chi connectivity index (χ0) is 16.7. The second-order valence-corrected chi connectivity index (χ2v) is 7.61. The second-order valence-electron chi connectivity index (χ2n) is 5.31. The molecule has 1 aromatic carbocycles. The number of halogens is 1. The van der Waals surface area contributed by atoms with Crippen LogP contribution in [-0.2, 0) is 6.42 Å². The number of phenolic OH excluding ortho intramolecular Hbond substituents is 1. The first-order valence-electron chi connectivity index (χ1n) is 7.49. The van der Waals surface area contributed by atoms with Gasteiger partial charge in [0.25, 0.3) is 0 Å². The molecular weight excluding hydrogens is 360 g/mol. The van der Waals surface area contributed by atoms with Crippen LogP contribution in [0.2, 0.25) is 5.15 Å². The fourth-order valence-corrected chi connectivity index (χ4v) is 4.98. The van der Waals surface area contributed by atoms with Crippen molar-refractivity contribution in [3.05, 3.63) is 52.5 Å². The minimum Gasteiger partial charge on any atom is -0.508 e. The number of aromatic nitrogens is 2. The Morgan fingerprint density at radius 1 is 1.12 bits per heavy atom. The minimum absolute atomic E-state index is 0.260. The van der Waals surface area contributed by atoms with E-state index in [2.05, 4.69) is 11.9 Å². The quantitative estimate of drug-likeness (QED) is 0.448. The third-order valence-electron chi connectivity index (χ3n) is 3.83. The van der Waals surface area contributed by atoms with Gasteiger partial charge in [0.1, 0.15) is 15.7 Å². The molecule has 4 rings (SSSR count). The van der Waals surface area contributed by atoms with E-state index in [0.717, 1.165) is 37.5 Å². The SMILES string of the molecule is CCc1c(-c2ccc(O)cc2)sc2nc(-c3cccs3)nc(Cl)c12. The summed E-state index contributed by atoms with van der Waals surface area (Å²) < 4.78 is 0. The molecule has 0 saturated carbocycles. The average molecular weight is 373 g/mol. The molecule has 6 heteroatoms. The molecule has 0 unspecified atom stereocenters. The Balaban J connectivity index is 1.96. The maximum atomic E-state index is 9.52. The molecule has 0 saturated heterocycles. The molecule has 3 heterocycles. The number of fused-ring (bicyclic) bond motifs is 1. The zero-order valence-corrected chi connectivity index (χ0v) is 15.2. The predicted octanol–water partition coefficient (Wildman–Crippen LogP) is 6.01. The van der Waals surface area contributed by atoms with Crippen molar-refractivity contribution in [3.63, 3.8) is 0 Å². The first-order chi connectivity index (χ1) is 11.7. The Morgan fingerprint density at radius 2 is 1.92 bits per heavy atom. The summed E-state index contributed by atoms with van der Waals surface area (Å²) in [5, 5.41) is 13.0. The monoisotopic (exact) mass is 372 g/mol. The number of hydrogen-bond acceptors (Lipinski definition) is 5. The van der Waals surface area contributed by atoms with Crippen LogP contribution in [0, 0.1) is 0 Å². The Labute approximate surface area is 152 Å². The molecular formula is C18H13ClN2OS2. The number of benzene rings is 1. The fraction of sp³-hybridized carbons (Fsp3) is 0.111. The molecule has 0 aliphatic rings. The van der Waals surface area contributed by atoms with E-state index in [-0.39, 0.29) is 5.75 Å². The highest BCUT2D eigenvalue weighted by molar-refractivity contribution is 7.22. The van der Waals surface area contributed by atoms with Gasteiger partial charge in [0, 0.05) is 4.88 Å². The van der Waals surface area contributed by atoms with Crippen molar-refractivity contribution in [2.45, 2.75) is 13.3 Å². The van der Waals surface area contributed by atoms with E-state index in [1.54, 1.807) is 34.8 Å². The van der Waals surface area contributed by atoms with Gasteiger partial charge in [-0.1, -0.05) is 24.6 Å². The maximum absolute atomic E-state index is 9.52. The molecule has 120 valence electrons. The molecule has 0 spiro atoms. The second kappa shape index (κ2) is 6.16. The van der Waals surface area contributed by atoms with Gasteiger partial charge in [0.15, 0.2) is 5.82 Å². The van der Waals surface area contributed by atoms with Crippen LogP contribution < -0.4 is 0 Å². The molecule has 0 fully saturated rings. The highest BCUT2D eigenvalue weighted by atomic mass is 35.5. The largest absolute Gasteiger partial charge is 0.508 e. The maximum Gasteiger partial charge on any atom is 0.172 e. The molecule has 4 aromatic rings. The van der Waals surface area contributed by atoms with E-state index in [9.17, 15) is 5.11 Å². The van der Waals surface area contributed by atoms with Crippen molar-refractivity contribution in [1.82, 2.24) is 9.97 Å². The number of nitrogens with zero attached hydrogens (tertiary/aromatic N) is 2. The molecule has 0 aliphatic carbocycles. The normalized spacial score (nSPS) is 11.2. The van der Waals surface area contributed by atoms with Gasteiger partial charge < -0.3 is 5.11 Å². The van der Waals surface area contributed by atoms with Crippen LogP contribution >= 0.6 is 34.3 Å². The van der Waals surface area contributed by atoms with Gasteiger partial charge in [0.05, 0.1) is 10.3 Å². The molecule has 24 heavy (non-hydrogen) atoms. The predicted molar refractivity (Wildman–Crippen MR) is 102 cm³/mol. The highest BCUT2D eigenvalue weighted by Gasteiger charge is 2.19. The summed E-state index contributed by atoms with van der Waals surface area (Å²) >= 11 is 9.73. The molecule has 0 bridgehead atoms. The lowest BCUT2D eigenvalue weighted by atomic mass is 10.1. The lowest BCUT2D eigenvalue weighted by Crippen LogP contribution is -1.90. The average Bonchev–Trinajstić information content (AvgIpc) is 3.23. The van der Waals surface area contributed by atoms with Crippen LogP contribution in [0.3, 0.4) is 0 Å². The Bertz CT molecular complexity index is 1010. The van der Waals surface area contributed by atoms with Crippen molar-refractivity contribution in [1.29, 1.82) is 0 Å². The first kappa shape index (κ1) is 15.6. The van der Waals surface area contributed by atoms with E-state index in [1.165, 1.54) is 0 Å². The number of thiophene rings is 2. The molecule has 0 aliphatic heterocycles. The van der Waals surface area contributed by atoms with Gasteiger partial charge in [-0.25, -0.2) is 9.97 Å². The van der Waals surface area contributed by atoms with Crippen LogP contribution in [0.5, 0.6) is 5.75 Å². The zero-order valence-electron chi connectivity index (χ0n) is 12.8. The Morgan fingerprint density at radius 3 is 2.58 bits per heavy atom. The van der Waals surface area contributed by atoms with Gasteiger partial charge in [-0.3, -0.25) is 0 Å². The van der Waals surface area contributed by atoms with E-state index in [4.69, 9.17) is 16.6 Å². The van der Waals surface area contributed by atoms with E-state index >= 15 is 0 Å². The third-order valence-corrected chi connectivity index (χ3v) is 6.15. The summed E-state index contributed by atoms with van der Waals surface area (Å²) in [5.74, 6) is 0.930. The van der Waals surface area contributed by atoms with Crippen LogP contribution in [0.15, 0.2) is 41.8 Å². The van der Waals surface area contributed by atoms with Crippen molar-refractivity contribution >= 4 is 44.5 Å². The van der Waals surface area contributed by atoms with Crippen LogP contribution in [0.4, 0.5) is 0 Å². The van der Waals surface area contributed by atoms with Crippen LogP contribution in [-0.4, -0.2) is 15.1 Å². The Hall–Kier alpha value is -1.95. The number of aryl methyl sites for hydroxylation is 1. The number of aromatic hydroxyl groups is 1. The van der Waals surface area contributed by atoms with Gasteiger partial charge in [-0.2, -0.15) is 0 Å². The third kappa shape index (κ3) is 2.59. The number of hydrogen-bond donors (Lipinski definition) is 1. The number of rotatable bonds is 3. The topological polar surface area (TPSA) is 46.0 Å². The lowest BCUT2D eigenvalue weighted by molar-refractivity contribution is 0.475. The molecule has 0 atom stereocenters. The highest BCUT2D eigenvalue weighted by Crippen LogP contribution is 2.42. The van der Waals surface area contributed by atoms with E-state index in [1.807, 2.05) is 29.6 Å². The van der Waals surface area contributed by atoms with Crippen LogP contribution in [0.1, 0.15) is 12.5 Å².